The molecule has 4 heterocycles. The molecular formula is C39H47N3O8. The Morgan fingerprint density at radius 3 is 2.46 bits per heavy atom. The van der Waals surface area contributed by atoms with Crippen molar-refractivity contribution < 1.29 is 38.5 Å². The molecule has 4 aliphatic rings. The van der Waals surface area contributed by atoms with Crippen molar-refractivity contribution in [2.24, 2.45) is 11.8 Å². The van der Waals surface area contributed by atoms with Gasteiger partial charge in [-0.05, 0) is 30.4 Å². The number of aliphatic hydroxyl groups excluding tert-OH is 1. The summed E-state index contributed by atoms with van der Waals surface area (Å²) in [6, 6.07) is 16.0. The molecule has 8 atom stereocenters. The number of nitrogens with one attached hydrogen (secondary N) is 1. The van der Waals surface area contributed by atoms with Gasteiger partial charge in [0.15, 0.2) is 0 Å². The van der Waals surface area contributed by atoms with Gasteiger partial charge in [0.2, 0.25) is 17.7 Å². The monoisotopic (exact) mass is 685 g/mol. The van der Waals surface area contributed by atoms with Crippen LogP contribution >= 0.6 is 0 Å². The van der Waals surface area contributed by atoms with E-state index in [-0.39, 0.29) is 24.8 Å². The highest BCUT2D eigenvalue weighted by Gasteiger charge is 2.72. The second-order valence-corrected chi connectivity index (χ2v) is 13.5. The Morgan fingerprint density at radius 1 is 1.02 bits per heavy atom. The molecule has 2 aromatic carbocycles. The third-order valence-corrected chi connectivity index (χ3v) is 10.3. The first-order valence-corrected chi connectivity index (χ1v) is 17.6. The van der Waals surface area contributed by atoms with Crippen LogP contribution in [0.25, 0.3) is 0 Å². The SMILES string of the molecule is CCCCN1CC=C[C@]23O[C@@H]4/C=C\CCC(=O)N[C@H](COC)[C@@H](c5ccccc5)OC(=O)[C@@H]4[C@H]2C(=O)N([C@@H](CO)Cc2ccccc2)[C@@H]3C1=O. The van der Waals surface area contributed by atoms with Crippen LogP contribution in [0.5, 0.6) is 0 Å². The number of rotatable bonds is 10. The van der Waals surface area contributed by atoms with Crippen LogP contribution in [0.15, 0.2) is 85.0 Å². The zero-order chi connectivity index (χ0) is 35.3. The van der Waals surface area contributed by atoms with E-state index in [2.05, 4.69) is 12.2 Å². The average Bonchev–Trinajstić information content (AvgIpc) is 3.52. The first-order valence-electron chi connectivity index (χ1n) is 17.6. The summed E-state index contributed by atoms with van der Waals surface area (Å²) in [7, 11) is 1.51. The second-order valence-electron chi connectivity index (χ2n) is 13.5. The summed E-state index contributed by atoms with van der Waals surface area (Å²) in [5.74, 6) is -3.86. The lowest BCUT2D eigenvalue weighted by molar-refractivity contribution is -0.163. The molecule has 2 fully saturated rings. The topological polar surface area (TPSA) is 135 Å². The zero-order valence-corrected chi connectivity index (χ0v) is 28.7. The lowest BCUT2D eigenvalue weighted by atomic mass is 9.77. The van der Waals surface area contributed by atoms with Crippen LogP contribution in [-0.4, -0.2) is 102 Å². The Morgan fingerprint density at radius 2 is 1.76 bits per heavy atom. The van der Waals surface area contributed by atoms with Crippen molar-refractivity contribution in [2.75, 3.05) is 33.4 Å². The van der Waals surface area contributed by atoms with E-state index in [0.29, 0.717) is 31.5 Å². The van der Waals surface area contributed by atoms with Gasteiger partial charge < -0.3 is 34.4 Å². The zero-order valence-electron chi connectivity index (χ0n) is 28.7. The number of ether oxygens (including phenoxy) is 3. The smallest absolute Gasteiger partial charge is 0.313 e. The van der Waals surface area contributed by atoms with Gasteiger partial charge in [0.1, 0.15) is 23.7 Å². The molecule has 2 saturated heterocycles. The van der Waals surface area contributed by atoms with Crippen molar-refractivity contribution in [1.82, 2.24) is 15.1 Å². The number of amides is 3. The van der Waals surface area contributed by atoms with E-state index < -0.39 is 66.3 Å². The van der Waals surface area contributed by atoms with Gasteiger partial charge in [-0.15, -0.1) is 0 Å². The fourth-order valence-electron chi connectivity index (χ4n) is 7.96. The Bertz CT molecular complexity index is 1580. The third kappa shape index (κ3) is 6.86. The van der Waals surface area contributed by atoms with Crippen LogP contribution in [0.4, 0.5) is 0 Å². The average molecular weight is 686 g/mol. The number of fused-ring (bicyclic) bond motifs is 2. The largest absolute Gasteiger partial charge is 0.455 e. The van der Waals surface area contributed by atoms with Crippen molar-refractivity contribution in [3.05, 3.63) is 96.1 Å². The standard InChI is InChI=1S/C39H47N3O8/c1-3-4-21-41-22-13-20-39-33(36(45)42(35(39)37(41)46)28(24-43)23-26-14-7-5-8-15-26)32-30(50-39)18-11-12-19-31(44)40-29(25-48-2)34(49-38(32)47)27-16-9-6-10-17-27/h5-11,13-18,20,28-30,32-35,43H,3-4,12,19,21-25H2,1-2H3,(H,40,44)/b18-11-/t28-,29-,30-,32+,33+,34-,35-,39+/m1/s1. The molecule has 0 aliphatic carbocycles. The quantitative estimate of drug-likeness (QED) is 0.288. The Balaban J connectivity index is 1.45. The fraction of sp³-hybridized carbons (Fsp3) is 0.487. The van der Waals surface area contributed by atoms with Gasteiger partial charge in [-0.2, -0.15) is 0 Å². The second kappa shape index (κ2) is 15.7. The summed E-state index contributed by atoms with van der Waals surface area (Å²) >= 11 is 0. The van der Waals surface area contributed by atoms with Crippen LogP contribution in [0.3, 0.4) is 0 Å². The predicted octanol–water partition coefficient (Wildman–Crippen LogP) is 3.14. The maximum absolute atomic E-state index is 15.0. The van der Waals surface area contributed by atoms with E-state index in [1.165, 1.54) is 12.0 Å². The van der Waals surface area contributed by atoms with E-state index in [4.69, 9.17) is 14.2 Å². The van der Waals surface area contributed by atoms with E-state index in [0.717, 1.165) is 18.4 Å². The summed E-state index contributed by atoms with van der Waals surface area (Å²) in [4.78, 5) is 60.5. The molecule has 2 aromatic rings. The van der Waals surface area contributed by atoms with Gasteiger partial charge >= 0.3 is 5.97 Å². The van der Waals surface area contributed by atoms with E-state index in [1.54, 1.807) is 23.1 Å². The Hall–Kier alpha value is -4.32. The molecule has 266 valence electrons. The third-order valence-electron chi connectivity index (χ3n) is 10.3. The Kier molecular flexibility index (Phi) is 11.2. The van der Waals surface area contributed by atoms with Gasteiger partial charge in [-0.25, -0.2) is 0 Å². The predicted molar refractivity (Wildman–Crippen MR) is 184 cm³/mol. The van der Waals surface area contributed by atoms with Gasteiger partial charge in [-0.3, -0.25) is 19.2 Å². The van der Waals surface area contributed by atoms with Crippen LogP contribution in [0.1, 0.15) is 49.8 Å². The number of allylic oxidation sites excluding steroid dienone is 1. The lowest BCUT2D eigenvalue weighted by Crippen LogP contribution is -2.58. The number of nitrogens with zero attached hydrogens (tertiary/aromatic N) is 2. The van der Waals surface area contributed by atoms with Crippen molar-refractivity contribution in [1.29, 1.82) is 0 Å². The number of hydrogen-bond acceptors (Lipinski definition) is 8. The van der Waals surface area contributed by atoms with Crippen molar-refractivity contribution in [2.45, 2.75) is 75.0 Å². The summed E-state index contributed by atoms with van der Waals surface area (Å²) in [6.07, 6.45) is 7.81. The van der Waals surface area contributed by atoms with Crippen molar-refractivity contribution >= 4 is 23.7 Å². The van der Waals surface area contributed by atoms with Crippen molar-refractivity contribution in [3.63, 3.8) is 0 Å². The van der Waals surface area contributed by atoms with Gasteiger partial charge in [0.25, 0.3) is 0 Å². The first kappa shape index (κ1) is 35.5. The molecule has 0 unspecified atom stereocenters. The van der Waals surface area contributed by atoms with E-state index in [9.17, 15) is 24.3 Å². The van der Waals surface area contributed by atoms with E-state index >= 15 is 0 Å². The molecule has 3 amide bonds. The molecule has 0 saturated carbocycles. The molecule has 50 heavy (non-hydrogen) atoms. The summed E-state index contributed by atoms with van der Waals surface area (Å²) in [5, 5.41) is 13.8. The van der Waals surface area contributed by atoms with Gasteiger partial charge in [0, 0.05) is 26.6 Å². The maximum atomic E-state index is 15.0. The van der Waals surface area contributed by atoms with Crippen LogP contribution in [0, 0.1) is 11.8 Å². The molecule has 1 spiro atoms. The number of esters is 1. The summed E-state index contributed by atoms with van der Waals surface area (Å²) < 4.78 is 18.7. The molecule has 11 nitrogen and oxygen atoms in total. The van der Waals surface area contributed by atoms with Gasteiger partial charge in [0.05, 0.1) is 37.3 Å². The molecule has 6 rings (SSSR count). The molecule has 11 heteroatoms. The minimum Gasteiger partial charge on any atom is -0.455 e. The van der Waals surface area contributed by atoms with Crippen LogP contribution < -0.4 is 5.32 Å². The number of carbonyl (C=O) groups excluding carboxylic acids is 4. The molecular weight excluding hydrogens is 638 g/mol. The van der Waals surface area contributed by atoms with Crippen LogP contribution in [0.2, 0.25) is 0 Å². The number of likely N-dealkylation sites (tertiary alicyclic amines) is 1. The molecule has 4 aliphatic heterocycles. The highest BCUT2D eigenvalue weighted by atomic mass is 16.6. The van der Waals surface area contributed by atoms with Crippen molar-refractivity contribution in [3.8, 4) is 0 Å². The van der Waals surface area contributed by atoms with Gasteiger partial charge in [-0.1, -0.05) is 98.3 Å². The van der Waals surface area contributed by atoms with E-state index in [1.807, 2.05) is 66.7 Å². The first-order chi connectivity index (χ1) is 24.3. The number of hydrogen-bond donors (Lipinski definition) is 2. The Labute approximate surface area is 293 Å². The number of benzene rings is 2. The highest BCUT2D eigenvalue weighted by molar-refractivity contribution is 5.99. The summed E-state index contributed by atoms with van der Waals surface area (Å²) in [6.45, 7) is 2.56. The molecule has 0 radical (unpaired) electrons. The number of methoxy groups -OCH3 is 1. The van der Waals surface area contributed by atoms with Crippen LogP contribution in [-0.2, 0) is 39.8 Å². The minimum absolute atomic E-state index is 0.0731. The normalized spacial score (nSPS) is 31.0. The number of aliphatic hydroxyl groups is 1. The number of cyclic esters (lactones) is 1. The highest BCUT2D eigenvalue weighted by Crippen LogP contribution is 2.54. The molecule has 0 aromatic heterocycles. The fourth-order valence-corrected chi connectivity index (χ4v) is 7.96. The molecule has 2 N–H and O–H groups in total. The molecule has 0 bridgehead atoms. The number of carbonyl (C=O) groups is 4. The lowest BCUT2D eigenvalue weighted by Gasteiger charge is -2.38. The number of unbranched alkanes of at least 4 members (excludes halogenated alkanes) is 1. The minimum atomic E-state index is -1.50. The summed E-state index contributed by atoms with van der Waals surface area (Å²) in [5.41, 5.74) is 0.0481. The maximum Gasteiger partial charge on any atom is 0.313 e.